The number of halogens is 3. The Kier molecular flexibility index (Phi) is 5.56. The van der Waals surface area contributed by atoms with Gasteiger partial charge in [-0.1, -0.05) is 44.2 Å². The number of esters is 1. The van der Waals surface area contributed by atoms with Gasteiger partial charge < -0.3 is 10.5 Å². The molecule has 6 heteroatoms. The lowest BCUT2D eigenvalue weighted by Crippen LogP contribution is -2.46. The van der Waals surface area contributed by atoms with Gasteiger partial charge in [-0.2, -0.15) is 13.2 Å². The van der Waals surface area contributed by atoms with Crippen LogP contribution in [0.2, 0.25) is 0 Å². The van der Waals surface area contributed by atoms with Crippen LogP contribution in [-0.2, 0) is 9.53 Å². The molecule has 0 spiro atoms. The summed E-state index contributed by atoms with van der Waals surface area (Å²) >= 11 is 0. The van der Waals surface area contributed by atoms with Gasteiger partial charge in [0.15, 0.2) is 0 Å². The van der Waals surface area contributed by atoms with Crippen molar-refractivity contribution >= 4 is 5.97 Å². The van der Waals surface area contributed by atoms with Crippen LogP contribution in [0.1, 0.15) is 25.3 Å². The molecule has 3 nitrogen and oxygen atoms in total. The molecule has 0 heterocycles. The summed E-state index contributed by atoms with van der Waals surface area (Å²) in [5.74, 6) is -2.46. The van der Waals surface area contributed by atoms with Gasteiger partial charge in [0.25, 0.3) is 0 Å². The highest BCUT2D eigenvalue weighted by atomic mass is 19.4. The Labute approximate surface area is 115 Å². The normalized spacial score (nSPS) is 14.9. The van der Waals surface area contributed by atoms with E-state index >= 15 is 0 Å². The Morgan fingerprint density at radius 1 is 1.25 bits per heavy atom. The standard InChI is InChI=1S/C14H18F3NO2/c1-9(2)8-20-13(19)11(12(18)14(15,16)17)10-6-4-3-5-7-10/h3-7,9,11-12H,8,18H2,1-2H3/t11-,12-/m1/s1. The number of benzene rings is 1. The van der Waals surface area contributed by atoms with Gasteiger partial charge in [-0.05, 0) is 11.5 Å². The lowest BCUT2D eigenvalue weighted by atomic mass is 9.91. The molecular weight excluding hydrogens is 271 g/mol. The molecular formula is C14H18F3NO2. The van der Waals surface area contributed by atoms with E-state index in [-0.39, 0.29) is 18.1 Å². The number of hydrogen-bond acceptors (Lipinski definition) is 3. The number of hydrogen-bond donors (Lipinski definition) is 1. The zero-order valence-electron chi connectivity index (χ0n) is 11.4. The number of nitrogens with two attached hydrogens (primary N) is 1. The van der Waals surface area contributed by atoms with Crippen molar-refractivity contribution in [3.63, 3.8) is 0 Å². The summed E-state index contributed by atoms with van der Waals surface area (Å²) in [6.07, 6.45) is -4.67. The van der Waals surface area contributed by atoms with Crippen LogP contribution in [0.5, 0.6) is 0 Å². The zero-order chi connectivity index (χ0) is 15.3. The van der Waals surface area contributed by atoms with Crippen LogP contribution in [0.3, 0.4) is 0 Å². The Hall–Kier alpha value is -1.56. The molecule has 2 N–H and O–H groups in total. The van der Waals surface area contributed by atoms with E-state index in [1.807, 2.05) is 0 Å². The molecule has 0 aromatic heterocycles. The third-order valence-electron chi connectivity index (χ3n) is 2.71. The highest BCUT2D eigenvalue weighted by Gasteiger charge is 2.46. The highest BCUT2D eigenvalue weighted by Crippen LogP contribution is 2.31. The van der Waals surface area contributed by atoms with Crippen molar-refractivity contribution in [1.82, 2.24) is 0 Å². The zero-order valence-corrected chi connectivity index (χ0v) is 11.4. The SMILES string of the molecule is CC(C)COC(=O)[C@H](c1ccccc1)[C@@H](N)C(F)(F)F. The molecule has 0 aliphatic rings. The van der Waals surface area contributed by atoms with E-state index in [0.29, 0.717) is 0 Å². The Morgan fingerprint density at radius 3 is 2.25 bits per heavy atom. The lowest BCUT2D eigenvalue weighted by molar-refractivity contribution is -0.169. The van der Waals surface area contributed by atoms with Crippen LogP contribution in [0, 0.1) is 5.92 Å². The third-order valence-corrected chi connectivity index (χ3v) is 2.71. The first-order chi connectivity index (χ1) is 9.23. The van der Waals surface area contributed by atoms with Crippen LogP contribution >= 0.6 is 0 Å². The Bertz CT molecular complexity index is 432. The first kappa shape index (κ1) is 16.5. The molecule has 20 heavy (non-hydrogen) atoms. The molecule has 1 aromatic carbocycles. The minimum atomic E-state index is -4.67. The van der Waals surface area contributed by atoms with E-state index in [0.717, 1.165) is 0 Å². The van der Waals surface area contributed by atoms with Crippen molar-refractivity contribution in [2.45, 2.75) is 32.0 Å². The van der Waals surface area contributed by atoms with Crippen molar-refractivity contribution in [2.75, 3.05) is 6.61 Å². The summed E-state index contributed by atoms with van der Waals surface area (Å²) in [4.78, 5) is 11.9. The highest BCUT2D eigenvalue weighted by molar-refractivity contribution is 5.79. The summed E-state index contributed by atoms with van der Waals surface area (Å²) in [6.45, 7) is 3.66. The van der Waals surface area contributed by atoms with Gasteiger partial charge in [0.2, 0.25) is 0 Å². The average molecular weight is 289 g/mol. The van der Waals surface area contributed by atoms with Crippen LogP contribution in [0.25, 0.3) is 0 Å². The fourth-order valence-corrected chi connectivity index (χ4v) is 1.68. The van der Waals surface area contributed by atoms with E-state index in [4.69, 9.17) is 10.5 Å². The van der Waals surface area contributed by atoms with Gasteiger partial charge in [0.05, 0.1) is 6.61 Å². The second-order valence-electron chi connectivity index (χ2n) is 4.98. The minimum Gasteiger partial charge on any atom is -0.465 e. The maximum atomic E-state index is 12.8. The van der Waals surface area contributed by atoms with Crippen molar-refractivity contribution in [3.8, 4) is 0 Å². The van der Waals surface area contributed by atoms with Gasteiger partial charge in [0.1, 0.15) is 12.0 Å². The van der Waals surface area contributed by atoms with Crippen molar-refractivity contribution < 1.29 is 22.7 Å². The molecule has 0 unspecified atom stereocenters. The van der Waals surface area contributed by atoms with Gasteiger partial charge in [-0.25, -0.2) is 0 Å². The summed E-state index contributed by atoms with van der Waals surface area (Å²) in [5, 5.41) is 0. The fourth-order valence-electron chi connectivity index (χ4n) is 1.68. The topological polar surface area (TPSA) is 52.3 Å². The molecule has 0 saturated heterocycles. The number of carbonyl (C=O) groups is 1. The molecule has 2 atom stereocenters. The third kappa shape index (κ3) is 4.52. The minimum absolute atomic E-state index is 0.0393. The number of ether oxygens (including phenoxy) is 1. The quantitative estimate of drug-likeness (QED) is 0.848. The van der Waals surface area contributed by atoms with Crippen LogP contribution in [-0.4, -0.2) is 24.8 Å². The molecule has 0 amide bonds. The van der Waals surface area contributed by atoms with E-state index in [9.17, 15) is 18.0 Å². The average Bonchev–Trinajstić information content (AvgIpc) is 2.36. The second-order valence-corrected chi connectivity index (χ2v) is 4.98. The molecule has 1 rings (SSSR count). The predicted molar refractivity (Wildman–Crippen MR) is 69.0 cm³/mol. The monoisotopic (exact) mass is 289 g/mol. The molecule has 1 aromatic rings. The number of carbonyl (C=O) groups excluding carboxylic acids is 1. The number of rotatable bonds is 5. The molecule has 0 aliphatic carbocycles. The van der Waals surface area contributed by atoms with Gasteiger partial charge in [-0.3, -0.25) is 4.79 Å². The molecule has 0 fully saturated rings. The van der Waals surface area contributed by atoms with Gasteiger partial charge >= 0.3 is 12.1 Å². The summed E-state index contributed by atoms with van der Waals surface area (Å²) in [6, 6.07) is 5.35. The molecule has 0 bridgehead atoms. The van der Waals surface area contributed by atoms with Gasteiger partial charge in [-0.15, -0.1) is 0 Å². The van der Waals surface area contributed by atoms with E-state index in [2.05, 4.69) is 0 Å². The maximum Gasteiger partial charge on any atom is 0.404 e. The lowest BCUT2D eigenvalue weighted by Gasteiger charge is -2.25. The first-order valence-corrected chi connectivity index (χ1v) is 6.27. The van der Waals surface area contributed by atoms with E-state index in [1.54, 1.807) is 32.0 Å². The number of alkyl halides is 3. The van der Waals surface area contributed by atoms with Gasteiger partial charge in [0, 0.05) is 0 Å². The second kappa shape index (κ2) is 6.74. The van der Waals surface area contributed by atoms with Crippen molar-refractivity contribution in [2.24, 2.45) is 11.7 Å². The summed E-state index contributed by atoms with van der Waals surface area (Å²) in [5.41, 5.74) is 5.41. The van der Waals surface area contributed by atoms with Crippen molar-refractivity contribution in [3.05, 3.63) is 35.9 Å². The summed E-state index contributed by atoms with van der Waals surface area (Å²) in [7, 11) is 0. The Morgan fingerprint density at radius 2 is 1.80 bits per heavy atom. The van der Waals surface area contributed by atoms with Crippen LogP contribution in [0.4, 0.5) is 13.2 Å². The first-order valence-electron chi connectivity index (χ1n) is 6.27. The van der Waals surface area contributed by atoms with Crippen molar-refractivity contribution in [1.29, 1.82) is 0 Å². The fraction of sp³-hybridized carbons (Fsp3) is 0.500. The molecule has 112 valence electrons. The molecule has 0 aliphatic heterocycles. The maximum absolute atomic E-state index is 12.8. The predicted octanol–water partition coefficient (Wildman–Crippen LogP) is 2.86. The molecule has 0 saturated carbocycles. The van der Waals surface area contributed by atoms with Crippen LogP contribution < -0.4 is 5.73 Å². The van der Waals surface area contributed by atoms with E-state index in [1.165, 1.54) is 12.1 Å². The Balaban J connectivity index is 2.99. The summed E-state index contributed by atoms with van der Waals surface area (Å²) < 4.78 is 43.4. The largest absolute Gasteiger partial charge is 0.465 e. The smallest absolute Gasteiger partial charge is 0.404 e. The van der Waals surface area contributed by atoms with Crippen LogP contribution in [0.15, 0.2) is 30.3 Å². The van der Waals surface area contributed by atoms with E-state index < -0.39 is 24.1 Å². The molecule has 0 radical (unpaired) electrons.